The molecule has 7 heteroatoms. The summed E-state index contributed by atoms with van der Waals surface area (Å²) >= 11 is 0. The molecule has 0 aliphatic carbocycles. The van der Waals surface area contributed by atoms with Crippen molar-refractivity contribution >= 4 is 23.5 Å². The van der Waals surface area contributed by atoms with Gasteiger partial charge in [-0.2, -0.15) is 0 Å². The fourth-order valence-electron chi connectivity index (χ4n) is 3.36. The number of nitrogens with zero attached hydrogens (tertiary/aromatic N) is 1. The molecule has 2 rings (SSSR count). The van der Waals surface area contributed by atoms with Gasteiger partial charge in [0.2, 0.25) is 0 Å². The molecule has 1 N–H and O–H groups in total. The van der Waals surface area contributed by atoms with Crippen molar-refractivity contribution in [1.82, 2.24) is 4.57 Å². The van der Waals surface area contributed by atoms with Crippen LogP contribution in [0.4, 0.5) is 5.69 Å². The van der Waals surface area contributed by atoms with Crippen molar-refractivity contribution in [2.75, 3.05) is 18.5 Å². The zero-order valence-electron chi connectivity index (χ0n) is 18.3. The van der Waals surface area contributed by atoms with Gasteiger partial charge >= 0.3 is 11.9 Å². The van der Waals surface area contributed by atoms with Gasteiger partial charge in [-0.1, -0.05) is 32.0 Å². The first-order chi connectivity index (χ1) is 14.3. The van der Waals surface area contributed by atoms with Crippen LogP contribution in [0.5, 0.6) is 0 Å². The lowest BCUT2D eigenvalue weighted by Crippen LogP contribution is -2.24. The second-order valence-corrected chi connectivity index (χ2v) is 6.96. The molecule has 1 aromatic heterocycles. The van der Waals surface area contributed by atoms with Crippen LogP contribution in [0.1, 0.15) is 53.6 Å². The number of carbonyl (C=O) groups is 3. The standard InChI is InChI=1S/C23H30N2O5/c1-6-17-10-9-11-18(7-2)22(17)24-20(26)14-30-21(27)13-25-15(4)12-19(16(25)5)23(28)29-8-3/h9-12H,6-8,13-14H2,1-5H3,(H,24,26). The van der Waals surface area contributed by atoms with E-state index in [1.165, 1.54) is 0 Å². The lowest BCUT2D eigenvalue weighted by molar-refractivity contribution is -0.147. The Morgan fingerprint density at radius 2 is 1.63 bits per heavy atom. The van der Waals surface area contributed by atoms with Crippen LogP contribution < -0.4 is 5.32 Å². The number of carbonyl (C=O) groups excluding carboxylic acids is 3. The van der Waals surface area contributed by atoms with E-state index in [0.29, 0.717) is 11.3 Å². The maximum Gasteiger partial charge on any atom is 0.339 e. The number of rotatable bonds is 9. The Balaban J connectivity index is 1.99. The smallest absolute Gasteiger partial charge is 0.339 e. The van der Waals surface area contributed by atoms with E-state index in [1.54, 1.807) is 31.4 Å². The van der Waals surface area contributed by atoms with E-state index in [-0.39, 0.29) is 25.7 Å². The normalized spacial score (nSPS) is 10.6. The van der Waals surface area contributed by atoms with Crippen molar-refractivity contribution in [3.63, 3.8) is 0 Å². The highest BCUT2D eigenvalue weighted by Crippen LogP contribution is 2.22. The minimum absolute atomic E-state index is 0.0872. The van der Waals surface area contributed by atoms with Crippen molar-refractivity contribution in [3.05, 3.63) is 52.3 Å². The highest BCUT2D eigenvalue weighted by Gasteiger charge is 2.19. The Labute approximate surface area is 177 Å². The quantitative estimate of drug-likeness (QED) is 0.634. The van der Waals surface area contributed by atoms with Gasteiger partial charge in [-0.15, -0.1) is 0 Å². The molecule has 0 aliphatic heterocycles. The third kappa shape index (κ3) is 5.49. The first-order valence-electron chi connectivity index (χ1n) is 10.2. The summed E-state index contributed by atoms with van der Waals surface area (Å²) < 4.78 is 11.9. The molecule has 2 aromatic rings. The summed E-state index contributed by atoms with van der Waals surface area (Å²) in [6.07, 6.45) is 1.58. The molecule has 1 aromatic carbocycles. The Morgan fingerprint density at radius 3 is 2.20 bits per heavy atom. The first-order valence-corrected chi connectivity index (χ1v) is 10.2. The van der Waals surface area contributed by atoms with Crippen LogP contribution in [0.25, 0.3) is 0 Å². The van der Waals surface area contributed by atoms with Crippen LogP contribution in [0, 0.1) is 13.8 Å². The van der Waals surface area contributed by atoms with Gasteiger partial charge in [0, 0.05) is 17.1 Å². The second-order valence-electron chi connectivity index (χ2n) is 6.96. The van der Waals surface area contributed by atoms with Gasteiger partial charge in [-0.05, 0) is 50.8 Å². The minimum atomic E-state index is -0.554. The largest absolute Gasteiger partial charge is 0.462 e. The van der Waals surface area contributed by atoms with Crippen molar-refractivity contribution in [2.45, 2.75) is 54.0 Å². The summed E-state index contributed by atoms with van der Waals surface area (Å²) in [6, 6.07) is 7.60. The first kappa shape index (κ1) is 23.2. The number of amides is 1. The van der Waals surface area contributed by atoms with Gasteiger partial charge in [0.05, 0.1) is 12.2 Å². The highest BCUT2D eigenvalue weighted by atomic mass is 16.5. The number of aromatic nitrogens is 1. The van der Waals surface area contributed by atoms with Crippen molar-refractivity contribution in [1.29, 1.82) is 0 Å². The van der Waals surface area contributed by atoms with E-state index in [4.69, 9.17) is 9.47 Å². The fraction of sp³-hybridized carbons (Fsp3) is 0.435. The molecule has 0 saturated carbocycles. The zero-order chi connectivity index (χ0) is 22.3. The van der Waals surface area contributed by atoms with Gasteiger partial charge in [-0.3, -0.25) is 9.59 Å². The monoisotopic (exact) mass is 414 g/mol. The minimum Gasteiger partial charge on any atom is -0.462 e. The van der Waals surface area contributed by atoms with Crippen LogP contribution in [0.3, 0.4) is 0 Å². The Hall–Kier alpha value is -3.09. The fourth-order valence-corrected chi connectivity index (χ4v) is 3.36. The number of benzene rings is 1. The molecule has 0 bridgehead atoms. The van der Waals surface area contributed by atoms with Gasteiger partial charge < -0.3 is 19.4 Å². The number of hydrogen-bond donors (Lipinski definition) is 1. The van der Waals surface area contributed by atoms with Gasteiger partial charge in [0.25, 0.3) is 5.91 Å². The van der Waals surface area contributed by atoms with Gasteiger partial charge in [0.1, 0.15) is 6.54 Å². The number of nitrogens with one attached hydrogen (secondary N) is 1. The maximum atomic E-state index is 12.3. The van der Waals surface area contributed by atoms with E-state index >= 15 is 0 Å². The highest BCUT2D eigenvalue weighted by molar-refractivity contribution is 5.94. The molecule has 0 spiro atoms. The molecule has 1 heterocycles. The lowest BCUT2D eigenvalue weighted by Gasteiger charge is -2.15. The number of esters is 2. The zero-order valence-corrected chi connectivity index (χ0v) is 18.3. The predicted octanol–water partition coefficient (Wildman–Crippen LogP) is 3.59. The molecule has 0 unspecified atom stereocenters. The van der Waals surface area contributed by atoms with E-state index in [2.05, 4.69) is 5.32 Å². The summed E-state index contributed by atoms with van der Waals surface area (Å²) in [5.41, 5.74) is 4.65. The van der Waals surface area contributed by atoms with Gasteiger partial charge in [-0.25, -0.2) is 4.79 Å². The average Bonchev–Trinajstić information content (AvgIpc) is 3.01. The van der Waals surface area contributed by atoms with Crippen LogP contribution in [-0.2, 0) is 38.4 Å². The van der Waals surface area contributed by atoms with E-state index in [1.807, 2.05) is 32.0 Å². The topological polar surface area (TPSA) is 86.6 Å². The van der Waals surface area contributed by atoms with Crippen molar-refractivity contribution in [3.8, 4) is 0 Å². The number of para-hydroxylation sites is 1. The third-order valence-electron chi connectivity index (χ3n) is 4.98. The summed E-state index contributed by atoms with van der Waals surface area (Å²) in [7, 11) is 0. The number of ether oxygens (including phenoxy) is 2. The van der Waals surface area contributed by atoms with Crippen LogP contribution in [-0.4, -0.2) is 35.6 Å². The molecule has 1 amide bonds. The van der Waals surface area contributed by atoms with Crippen molar-refractivity contribution in [2.24, 2.45) is 0 Å². The van der Waals surface area contributed by atoms with Crippen LogP contribution in [0.2, 0.25) is 0 Å². The SMILES string of the molecule is CCOC(=O)c1cc(C)n(CC(=O)OCC(=O)Nc2c(CC)cccc2CC)c1C. The van der Waals surface area contributed by atoms with Gasteiger partial charge in [0.15, 0.2) is 6.61 Å². The third-order valence-corrected chi connectivity index (χ3v) is 4.98. The average molecular weight is 415 g/mol. The lowest BCUT2D eigenvalue weighted by atomic mass is 10.0. The molecular weight excluding hydrogens is 384 g/mol. The molecule has 0 radical (unpaired) electrons. The number of aryl methyl sites for hydroxylation is 3. The molecule has 0 atom stereocenters. The van der Waals surface area contributed by atoms with E-state index in [0.717, 1.165) is 35.3 Å². The molecule has 0 saturated heterocycles. The van der Waals surface area contributed by atoms with Crippen molar-refractivity contribution < 1.29 is 23.9 Å². The summed E-state index contributed by atoms with van der Waals surface area (Å²) in [5.74, 6) is -1.36. The Morgan fingerprint density at radius 1 is 1.00 bits per heavy atom. The molecule has 0 fully saturated rings. The Kier molecular flexibility index (Phi) is 8.21. The number of hydrogen-bond acceptors (Lipinski definition) is 5. The second kappa shape index (κ2) is 10.6. The van der Waals surface area contributed by atoms with Crippen LogP contribution in [0.15, 0.2) is 24.3 Å². The maximum absolute atomic E-state index is 12.3. The molecule has 162 valence electrons. The molecule has 0 aliphatic rings. The predicted molar refractivity (Wildman–Crippen MR) is 115 cm³/mol. The molecule has 7 nitrogen and oxygen atoms in total. The summed E-state index contributed by atoms with van der Waals surface area (Å²) in [4.78, 5) is 36.6. The van der Waals surface area contributed by atoms with E-state index < -0.39 is 11.9 Å². The Bertz CT molecular complexity index is 908. The number of anilines is 1. The molecular formula is C23H30N2O5. The summed E-state index contributed by atoms with van der Waals surface area (Å²) in [5, 5.41) is 2.87. The van der Waals surface area contributed by atoms with E-state index in [9.17, 15) is 14.4 Å². The summed E-state index contributed by atoms with van der Waals surface area (Å²) in [6.45, 7) is 9.15. The molecule has 30 heavy (non-hydrogen) atoms. The van der Waals surface area contributed by atoms with Crippen LogP contribution >= 0.6 is 0 Å².